The third kappa shape index (κ3) is 7.65. The summed E-state index contributed by atoms with van der Waals surface area (Å²) in [5.41, 5.74) is 9.09. The molecule has 0 spiro atoms. The predicted octanol–water partition coefficient (Wildman–Crippen LogP) is 0.925. The van der Waals surface area contributed by atoms with Crippen LogP contribution in [0, 0.1) is 13.8 Å². The van der Waals surface area contributed by atoms with Crippen LogP contribution in [0.15, 0.2) is 73.3 Å². The van der Waals surface area contributed by atoms with Crippen molar-refractivity contribution in [1.82, 2.24) is 50.8 Å². The number of nitrogens with one attached hydrogen (secondary N) is 4. The van der Waals surface area contributed by atoms with E-state index in [0.717, 1.165) is 88.1 Å². The number of rotatable bonds is 5. The molecule has 0 unspecified atom stereocenters. The van der Waals surface area contributed by atoms with Crippen LogP contribution in [0.2, 0.25) is 0 Å². The van der Waals surface area contributed by atoms with Gasteiger partial charge in [-0.2, -0.15) is 10.3 Å². The summed E-state index contributed by atoms with van der Waals surface area (Å²) >= 11 is -0.168. The van der Waals surface area contributed by atoms with Crippen LogP contribution in [-0.2, 0) is 4.43 Å². The molecule has 2 saturated heterocycles. The maximum absolute atomic E-state index is 13.0. The molecular weight excluding hydrogens is 799 g/mol. The molecule has 4 aliphatic heterocycles. The van der Waals surface area contributed by atoms with Gasteiger partial charge in [0.15, 0.2) is 17.5 Å². The molecule has 0 saturated carbocycles. The molecule has 2 atom stereocenters. The quantitative estimate of drug-likeness (QED) is 0.0931. The molecule has 17 nitrogen and oxygen atoms in total. The molecule has 0 radical (unpaired) electrons. The van der Waals surface area contributed by atoms with Gasteiger partial charge in [-0.3, -0.25) is 20.2 Å². The van der Waals surface area contributed by atoms with E-state index < -0.39 is 0 Å². The van der Waals surface area contributed by atoms with Crippen molar-refractivity contribution in [2.24, 2.45) is 3.95 Å². The SMILES string of the molecule is Cc1cc(-c2ccc3c(n2)N(C(=O)Nc2cn[nH]n2)[C@H]2CCN3C2)ccn1.Cc1cc(-c2ccc3c(n2)N[C@H]2CCN3C2)ccn1.N[I-]Cc1cn[nH]n1. The van der Waals surface area contributed by atoms with Gasteiger partial charge in [-0.1, -0.05) is 0 Å². The summed E-state index contributed by atoms with van der Waals surface area (Å²) in [5, 5.41) is 26.5. The molecule has 6 aromatic rings. The van der Waals surface area contributed by atoms with Gasteiger partial charge in [0.05, 0.1) is 35.0 Å². The number of amides is 2. The summed E-state index contributed by atoms with van der Waals surface area (Å²) in [6, 6.07) is 16.8. The van der Waals surface area contributed by atoms with E-state index in [-0.39, 0.29) is 33.6 Å². The van der Waals surface area contributed by atoms with Crippen molar-refractivity contribution in [3.63, 3.8) is 0 Å². The molecule has 0 aliphatic carbocycles. The Balaban J connectivity index is 0.000000132. The van der Waals surface area contributed by atoms with Gasteiger partial charge < -0.3 is 15.1 Å². The molecule has 6 aromatic heterocycles. The summed E-state index contributed by atoms with van der Waals surface area (Å²) < 4.78 is 6.26. The monoisotopic (exact) mass is 839 g/mol. The minimum absolute atomic E-state index is 0.0892. The molecule has 4 aliphatic rings. The molecular formula is C36H40IN16O-. The Bertz CT molecular complexity index is 2210. The number of carbonyl (C=O) groups excluding carboxylic acids is 1. The van der Waals surface area contributed by atoms with Crippen LogP contribution >= 0.6 is 0 Å². The summed E-state index contributed by atoms with van der Waals surface area (Å²) in [5.74, 6) is 2.10. The fraction of sp³-hybridized carbons (Fsp3) is 0.306. The van der Waals surface area contributed by atoms with E-state index in [4.69, 9.17) is 13.9 Å². The first kappa shape index (κ1) is 35.3. The Hall–Kier alpha value is -5.76. The van der Waals surface area contributed by atoms with Crippen LogP contribution in [0.5, 0.6) is 0 Å². The third-order valence-electron chi connectivity index (χ3n) is 9.63. The van der Waals surface area contributed by atoms with Crippen LogP contribution in [0.1, 0.15) is 29.9 Å². The molecule has 0 aromatic carbocycles. The Morgan fingerprint density at radius 1 is 0.852 bits per heavy atom. The second-order valence-electron chi connectivity index (χ2n) is 13.3. The van der Waals surface area contributed by atoms with Gasteiger partial charge in [-0.25, -0.2) is 14.8 Å². The normalized spacial score (nSPS) is 17.4. The minimum atomic E-state index is -0.243. The zero-order valence-electron chi connectivity index (χ0n) is 29.8. The number of hydrogen-bond acceptors (Lipinski definition) is 13. The van der Waals surface area contributed by atoms with E-state index in [1.54, 1.807) is 17.3 Å². The van der Waals surface area contributed by atoms with Gasteiger partial charge in [-0.05, 0) is 75.2 Å². The number of aryl methyl sites for hydroxylation is 2. The summed E-state index contributed by atoms with van der Waals surface area (Å²) in [7, 11) is 0. The number of urea groups is 1. The Kier molecular flexibility index (Phi) is 10.2. The number of pyridine rings is 4. The number of nitrogens with two attached hydrogens (primary N) is 1. The average Bonchev–Trinajstić information content (AvgIpc) is 4.03. The molecule has 10 heterocycles. The molecule has 6 N–H and O–H groups in total. The molecule has 4 bridgehead atoms. The van der Waals surface area contributed by atoms with Crippen molar-refractivity contribution in [1.29, 1.82) is 0 Å². The van der Waals surface area contributed by atoms with E-state index in [1.807, 2.05) is 50.4 Å². The van der Waals surface area contributed by atoms with Gasteiger partial charge in [0, 0.05) is 67.1 Å². The molecule has 10 rings (SSSR count). The predicted molar refractivity (Wildman–Crippen MR) is 201 cm³/mol. The van der Waals surface area contributed by atoms with Gasteiger partial charge in [0.25, 0.3) is 0 Å². The van der Waals surface area contributed by atoms with Crippen molar-refractivity contribution in [2.75, 3.05) is 51.5 Å². The third-order valence-corrected chi connectivity index (χ3v) is 10.9. The summed E-state index contributed by atoms with van der Waals surface area (Å²) in [6.07, 6.45) is 8.91. The van der Waals surface area contributed by atoms with Crippen LogP contribution in [0.25, 0.3) is 22.5 Å². The molecule has 278 valence electrons. The first-order valence-corrected chi connectivity index (χ1v) is 20.4. The number of aromatic nitrogens is 10. The fourth-order valence-electron chi connectivity index (χ4n) is 7.11. The number of H-pyrrole nitrogens is 2. The number of alkyl halides is 1. The van der Waals surface area contributed by atoms with Gasteiger partial charge >= 0.3 is 63.2 Å². The van der Waals surface area contributed by atoms with Crippen molar-refractivity contribution in [2.45, 2.75) is 43.2 Å². The van der Waals surface area contributed by atoms with Crippen molar-refractivity contribution >= 4 is 34.9 Å². The first-order valence-electron chi connectivity index (χ1n) is 17.6. The van der Waals surface area contributed by atoms with E-state index in [0.29, 0.717) is 17.7 Å². The number of carbonyl (C=O) groups is 1. The van der Waals surface area contributed by atoms with Crippen LogP contribution in [0.3, 0.4) is 0 Å². The maximum atomic E-state index is 13.0. The zero-order valence-corrected chi connectivity index (χ0v) is 32.0. The second-order valence-corrected chi connectivity index (χ2v) is 15.0. The Labute approximate surface area is 322 Å². The number of nitrogens with zero attached hydrogens (tertiary/aromatic N) is 11. The first-order chi connectivity index (χ1) is 26.4. The van der Waals surface area contributed by atoms with Crippen molar-refractivity contribution < 1.29 is 26.3 Å². The standard InChI is InChI=1S/C18H18N8O.C15H16N4.C3H6IN4/c1-11-8-12(4-6-19-11)14-2-3-15-17(21-14)26(13-5-7-25(15)10-13)18(27)22-16-9-20-24-23-16;1-10-8-11(4-6-16-10)13-2-3-14-15(18-13)17-12-5-7-19(14)9-12;5-4-1-3-2-6-8-7-3/h2-4,6,8-9,13H,5,7,10H2,1H3,(H2,20,22,23,24,27);2-4,6,8,12H,5,7,9H2,1H3,(H,17,18);2H,1,5H2,(H,6,7,8)/q;;-1/t13-;12-;/m00./s1. The van der Waals surface area contributed by atoms with Gasteiger partial charge in [0.1, 0.15) is 0 Å². The van der Waals surface area contributed by atoms with E-state index >= 15 is 0 Å². The number of anilines is 5. The summed E-state index contributed by atoms with van der Waals surface area (Å²) in [6.45, 7) is 7.94. The van der Waals surface area contributed by atoms with Gasteiger partial charge in [0.2, 0.25) is 0 Å². The molecule has 18 heteroatoms. The van der Waals surface area contributed by atoms with Gasteiger partial charge in [-0.15, -0.1) is 5.10 Å². The zero-order chi connectivity index (χ0) is 37.0. The number of fused-ring (bicyclic) bond motifs is 8. The Morgan fingerprint density at radius 2 is 1.54 bits per heavy atom. The fourth-order valence-corrected chi connectivity index (χ4v) is 7.93. The van der Waals surface area contributed by atoms with E-state index in [1.165, 1.54) is 18.3 Å². The van der Waals surface area contributed by atoms with Crippen LogP contribution in [-0.4, -0.2) is 95.1 Å². The van der Waals surface area contributed by atoms with Crippen molar-refractivity contribution in [3.05, 3.63) is 90.4 Å². The molecule has 2 amide bonds. The Morgan fingerprint density at radius 3 is 2.22 bits per heavy atom. The number of hydrogen-bond donors (Lipinski definition) is 5. The number of aromatic amines is 2. The topological polar surface area (TPSA) is 212 Å². The van der Waals surface area contributed by atoms with Crippen LogP contribution in [0.4, 0.5) is 33.6 Å². The van der Waals surface area contributed by atoms with E-state index in [2.05, 4.69) is 79.4 Å². The molecule has 54 heavy (non-hydrogen) atoms. The number of halogens is 1. The average molecular weight is 840 g/mol. The molecule has 2 fully saturated rings. The van der Waals surface area contributed by atoms with Crippen molar-refractivity contribution in [3.8, 4) is 22.5 Å². The van der Waals surface area contributed by atoms with Crippen LogP contribution < -0.4 is 50.8 Å². The van der Waals surface area contributed by atoms with E-state index in [9.17, 15) is 4.79 Å². The summed E-state index contributed by atoms with van der Waals surface area (Å²) in [4.78, 5) is 37.6. The second kappa shape index (κ2) is 15.7.